The third-order valence-electron chi connectivity index (χ3n) is 5.47. The van der Waals surface area contributed by atoms with E-state index in [1.54, 1.807) is 31.2 Å². The number of amides is 1. The first kappa shape index (κ1) is 25.5. The highest BCUT2D eigenvalue weighted by Gasteiger charge is 2.22. The van der Waals surface area contributed by atoms with Crippen LogP contribution in [0.15, 0.2) is 64.2 Å². The molecule has 0 unspecified atom stereocenters. The molecular formula is C26H31N5O4. The maximum atomic E-state index is 13.0. The van der Waals surface area contributed by atoms with E-state index in [4.69, 9.17) is 5.73 Å². The van der Waals surface area contributed by atoms with E-state index in [-0.39, 0.29) is 49.4 Å². The average Bonchev–Trinajstić information content (AvgIpc) is 2.82. The summed E-state index contributed by atoms with van der Waals surface area (Å²) in [6, 6.07) is 16.4. The number of anilines is 2. The lowest BCUT2D eigenvalue weighted by Gasteiger charge is -2.16. The molecule has 0 aliphatic carbocycles. The normalized spacial score (nSPS) is 10.9. The number of Topliss-reactive ketones (excluding diaryl/α,β-unsaturated/α-hetero) is 1. The number of hydrogen-bond acceptors (Lipinski definition) is 6. The van der Waals surface area contributed by atoms with Crippen LogP contribution < -0.4 is 27.6 Å². The fraction of sp³-hybridized carbons (Fsp3) is 0.308. The summed E-state index contributed by atoms with van der Waals surface area (Å²) in [6.45, 7) is 5.55. The molecule has 35 heavy (non-hydrogen) atoms. The maximum absolute atomic E-state index is 13.0. The summed E-state index contributed by atoms with van der Waals surface area (Å²) in [5, 5.41) is 5.83. The van der Waals surface area contributed by atoms with E-state index in [9.17, 15) is 19.2 Å². The first-order valence-electron chi connectivity index (χ1n) is 11.5. The van der Waals surface area contributed by atoms with Crippen LogP contribution in [0.4, 0.5) is 11.5 Å². The third kappa shape index (κ3) is 6.26. The average molecular weight is 478 g/mol. The number of nitrogens with two attached hydrogens (primary N) is 1. The van der Waals surface area contributed by atoms with Gasteiger partial charge in [-0.25, -0.2) is 4.79 Å². The van der Waals surface area contributed by atoms with Gasteiger partial charge in [-0.05, 0) is 44.0 Å². The Kier molecular flexibility index (Phi) is 8.25. The van der Waals surface area contributed by atoms with Crippen LogP contribution in [-0.2, 0) is 24.3 Å². The Hall–Kier alpha value is -4.14. The van der Waals surface area contributed by atoms with Crippen LogP contribution in [0.2, 0.25) is 0 Å². The molecule has 0 bridgehead atoms. The van der Waals surface area contributed by atoms with Crippen LogP contribution >= 0.6 is 0 Å². The lowest BCUT2D eigenvalue weighted by molar-refractivity contribution is -0.120. The fourth-order valence-electron chi connectivity index (χ4n) is 3.74. The van der Waals surface area contributed by atoms with Crippen molar-refractivity contribution < 1.29 is 9.59 Å². The van der Waals surface area contributed by atoms with Gasteiger partial charge in [-0.15, -0.1) is 0 Å². The smallest absolute Gasteiger partial charge is 0.332 e. The molecular weight excluding hydrogens is 446 g/mol. The zero-order valence-electron chi connectivity index (χ0n) is 20.2. The molecule has 3 aromatic rings. The first-order chi connectivity index (χ1) is 16.7. The molecule has 1 aromatic heterocycles. The van der Waals surface area contributed by atoms with Gasteiger partial charge in [0.1, 0.15) is 11.4 Å². The predicted molar refractivity (Wildman–Crippen MR) is 137 cm³/mol. The Labute approximate surface area is 203 Å². The molecule has 1 heterocycles. The van der Waals surface area contributed by atoms with E-state index in [1.807, 2.05) is 44.2 Å². The molecule has 0 aliphatic rings. The van der Waals surface area contributed by atoms with E-state index in [0.29, 0.717) is 5.69 Å². The highest BCUT2D eigenvalue weighted by Crippen LogP contribution is 2.13. The molecule has 0 saturated carbocycles. The van der Waals surface area contributed by atoms with E-state index >= 15 is 0 Å². The Balaban J connectivity index is 1.79. The number of nitrogen functional groups attached to an aromatic ring is 1. The molecule has 184 valence electrons. The summed E-state index contributed by atoms with van der Waals surface area (Å²) in [7, 11) is 0. The van der Waals surface area contributed by atoms with Crippen LogP contribution in [0.5, 0.6) is 0 Å². The van der Waals surface area contributed by atoms with Crippen molar-refractivity contribution in [1.29, 1.82) is 0 Å². The van der Waals surface area contributed by atoms with Crippen molar-refractivity contribution in [1.82, 2.24) is 14.5 Å². The molecule has 4 N–H and O–H groups in total. The van der Waals surface area contributed by atoms with E-state index < -0.39 is 17.0 Å². The van der Waals surface area contributed by atoms with Gasteiger partial charge < -0.3 is 16.4 Å². The summed E-state index contributed by atoms with van der Waals surface area (Å²) in [6.07, 6.45) is 0.257. The molecule has 9 nitrogen and oxygen atoms in total. The van der Waals surface area contributed by atoms with Gasteiger partial charge >= 0.3 is 5.69 Å². The van der Waals surface area contributed by atoms with Gasteiger partial charge in [0.25, 0.3) is 5.56 Å². The highest BCUT2D eigenvalue weighted by atomic mass is 16.2. The molecule has 0 saturated heterocycles. The SMILES string of the molecule is CCn1c(=O)c(C(=O)CNc2ccc(CC(=O)NC(C)C)cc2)c(N)n(Cc2ccccc2)c1=O. The van der Waals surface area contributed by atoms with Crippen molar-refractivity contribution in [3.63, 3.8) is 0 Å². The van der Waals surface area contributed by atoms with Crippen LogP contribution in [0.25, 0.3) is 0 Å². The van der Waals surface area contributed by atoms with Crippen LogP contribution in [-0.4, -0.2) is 33.4 Å². The van der Waals surface area contributed by atoms with Crippen LogP contribution in [0, 0.1) is 0 Å². The number of carbonyl (C=O) groups is 2. The number of aromatic nitrogens is 2. The summed E-state index contributed by atoms with van der Waals surface area (Å²) in [5.74, 6) is -0.729. The van der Waals surface area contributed by atoms with Gasteiger partial charge in [0.2, 0.25) is 5.91 Å². The molecule has 3 rings (SSSR count). The van der Waals surface area contributed by atoms with E-state index in [1.165, 1.54) is 4.57 Å². The van der Waals surface area contributed by atoms with Crippen molar-refractivity contribution in [3.8, 4) is 0 Å². The summed E-state index contributed by atoms with van der Waals surface area (Å²) in [5.41, 5.74) is 7.04. The lowest BCUT2D eigenvalue weighted by Crippen LogP contribution is -2.44. The summed E-state index contributed by atoms with van der Waals surface area (Å²) >= 11 is 0. The second kappa shape index (κ2) is 11.3. The zero-order valence-corrected chi connectivity index (χ0v) is 20.2. The third-order valence-corrected chi connectivity index (χ3v) is 5.47. The number of rotatable bonds is 10. The monoisotopic (exact) mass is 477 g/mol. The minimum Gasteiger partial charge on any atom is -0.384 e. The number of carbonyl (C=O) groups excluding carboxylic acids is 2. The quantitative estimate of drug-likeness (QED) is 0.383. The molecule has 9 heteroatoms. The van der Waals surface area contributed by atoms with Gasteiger partial charge in [0, 0.05) is 18.3 Å². The highest BCUT2D eigenvalue weighted by molar-refractivity contribution is 6.02. The first-order valence-corrected chi connectivity index (χ1v) is 11.5. The molecule has 1 amide bonds. The number of hydrogen-bond donors (Lipinski definition) is 3. The molecule has 0 aliphatic heterocycles. The second-order valence-corrected chi connectivity index (χ2v) is 8.54. The van der Waals surface area contributed by atoms with Crippen molar-refractivity contribution >= 4 is 23.2 Å². The van der Waals surface area contributed by atoms with Crippen LogP contribution in [0.3, 0.4) is 0 Å². The van der Waals surface area contributed by atoms with Gasteiger partial charge in [-0.2, -0.15) is 0 Å². The van der Waals surface area contributed by atoms with Gasteiger partial charge in [0.05, 0.1) is 19.5 Å². The van der Waals surface area contributed by atoms with E-state index in [2.05, 4.69) is 10.6 Å². The second-order valence-electron chi connectivity index (χ2n) is 8.54. The number of ketones is 1. The lowest BCUT2D eigenvalue weighted by atomic mass is 10.1. The molecule has 0 radical (unpaired) electrons. The summed E-state index contributed by atoms with van der Waals surface area (Å²) < 4.78 is 2.27. The Morgan fingerprint density at radius 2 is 1.60 bits per heavy atom. The van der Waals surface area contributed by atoms with Gasteiger partial charge in [-0.3, -0.25) is 23.5 Å². The van der Waals surface area contributed by atoms with Crippen molar-refractivity contribution in [2.24, 2.45) is 0 Å². The Morgan fingerprint density at radius 3 is 2.20 bits per heavy atom. The maximum Gasteiger partial charge on any atom is 0.332 e. The minimum atomic E-state index is -0.697. The number of nitrogens with one attached hydrogen (secondary N) is 2. The van der Waals surface area contributed by atoms with Crippen LogP contribution in [0.1, 0.15) is 42.3 Å². The molecule has 0 atom stereocenters. The van der Waals surface area contributed by atoms with Gasteiger partial charge in [0.15, 0.2) is 5.78 Å². The van der Waals surface area contributed by atoms with Crippen molar-refractivity contribution in [2.75, 3.05) is 17.6 Å². The zero-order chi connectivity index (χ0) is 25.5. The Bertz CT molecular complexity index is 1310. The molecule has 2 aromatic carbocycles. The largest absolute Gasteiger partial charge is 0.384 e. The summed E-state index contributed by atoms with van der Waals surface area (Å²) in [4.78, 5) is 50.7. The van der Waals surface area contributed by atoms with Gasteiger partial charge in [-0.1, -0.05) is 42.5 Å². The fourth-order valence-corrected chi connectivity index (χ4v) is 3.74. The van der Waals surface area contributed by atoms with Crippen molar-refractivity contribution in [3.05, 3.63) is 92.1 Å². The molecule has 0 spiro atoms. The minimum absolute atomic E-state index is 0.0656. The predicted octanol–water partition coefficient (Wildman–Crippen LogP) is 2.02. The topological polar surface area (TPSA) is 128 Å². The standard InChI is InChI=1S/C26H31N5O4/c1-4-30-25(34)23(24(27)31(26(30)35)16-19-8-6-5-7-9-19)21(32)15-28-20-12-10-18(11-13-20)14-22(33)29-17(2)3/h5-13,17,28H,4,14-16,27H2,1-3H3,(H,29,33). The number of benzene rings is 2. The van der Waals surface area contributed by atoms with Crippen molar-refractivity contribution in [2.45, 2.75) is 46.3 Å². The number of nitrogens with zero attached hydrogens (tertiary/aromatic N) is 2. The van der Waals surface area contributed by atoms with E-state index in [0.717, 1.165) is 15.7 Å². The Morgan fingerprint density at radius 1 is 0.943 bits per heavy atom. The molecule has 0 fully saturated rings.